The van der Waals surface area contributed by atoms with E-state index in [1.165, 1.54) is 0 Å². The molecule has 272 valence electrons. The molecular formula is C39H45ClN8O4. The molecule has 2 aliphatic heterocycles. The molecule has 4 aliphatic rings. The third-order valence-electron chi connectivity index (χ3n) is 12.3. The maximum atomic E-state index is 13.8. The van der Waals surface area contributed by atoms with Crippen molar-refractivity contribution in [3.63, 3.8) is 0 Å². The van der Waals surface area contributed by atoms with Gasteiger partial charge < -0.3 is 29.8 Å². The van der Waals surface area contributed by atoms with Gasteiger partial charge in [-0.2, -0.15) is 0 Å². The zero-order valence-electron chi connectivity index (χ0n) is 30.2. The average molecular weight is 725 g/mol. The largest absolute Gasteiger partial charge is 0.481 e. The van der Waals surface area contributed by atoms with Crippen LogP contribution in [0.4, 0.5) is 11.4 Å². The number of carboxylic acid groups (broad SMARTS) is 1. The average Bonchev–Trinajstić information content (AvgIpc) is 3.86. The Morgan fingerprint density at radius 3 is 2.02 bits per heavy atom. The fourth-order valence-electron chi connectivity index (χ4n) is 9.35. The summed E-state index contributed by atoms with van der Waals surface area (Å²) in [6.07, 6.45) is 5.86. The molecular weight excluding hydrogens is 680 g/mol. The van der Waals surface area contributed by atoms with Crippen molar-refractivity contribution in [1.82, 2.24) is 28.9 Å². The van der Waals surface area contributed by atoms with Crippen LogP contribution in [0.1, 0.15) is 81.7 Å². The standard InChI is InChI=1S/C39H45ClN8O4/c1-23-24(25-8-6-10-27(32(25)40)44-36(50)34-41-28-19-45(2)17-11-30(28)46(34)3)7-5-9-26(23)43-35(49)33-42-29-20-48(18-12-31(29)47(33)4)22-38-13-15-39(21-38,16-14-38)37(51)52/h5-10H,11-22H2,1-4H3,(H,43,49)(H,44,50)(H,51,52). The number of hydrogen-bond acceptors (Lipinski definition) is 7. The number of likely N-dealkylation sites (N-methyl/N-ethyl adjacent to an activating group) is 1. The molecule has 2 aliphatic carbocycles. The summed E-state index contributed by atoms with van der Waals surface area (Å²) in [6.45, 7) is 5.95. The predicted octanol–water partition coefficient (Wildman–Crippen LogP) is 5.67. The Bertz CT molecular complexity index is 2130. The number of carbonyl (C=O) groups is 3. The number of halogens is 1. The topological polar surface area (TPSA) is 138 Å². The van der Waals surface area contributed by atoms with Gasteiger partial charge in [0.25, 0.3) is 11.8 Å². The number of carboxylic acids is 1. The van der Waals surface area contributed by atoms with Gasteiger partial charge in [-0.05, 0) is 74.8 Å². The molecule has 0 saturated heterocycles. The first-order valence-electron chi connectivity index (χ1n) is 18.1. The zero-order valence-corrected chi connectivity index (χ0v) is 30.9. The number of fused-ring (bicyclic) bond motifs is 4. The second-order valence-electron chi connectivity index (χ2n) is 15.5. The highest BCUT2D eigenvalue weighted by Crippen LogP contribution is 2.62. The fourth-order valence-corrected chi connectivity index (χ4v) is 9.62. The Labute approximate surface area is 308 Å². The van der Waals surface area contributed by atoms with Crippen molar-refractivity contribution in [2.24, 2.45) is 24.9 Å². The van der Waals surface area contributed by atoms with Crippen molar-refractivity contribution < 1.29 is 19.5 Å². The molecule has 0 unspecified atom stereocenters. The second kappa shape index (κ2) is 12.9. The molecule has 0 atom stereocenters. The van der Waals surface area contributed by atoms with Gasteiger partial charge in [-0.3, -0.25) is 19.3 Å². The Hall–Kier alpha value is -4.52. The summed E-state index contributed by atoms with van der Waals surface area (Å²) < 4.78 is 3.77. The maximum absolute atomic E-state index is 13.8. The van der Waals surface area contributed by atoms with Gasteiger partial charge in [0.05, 0.1) is 27.5 Å². The van der Waals surface area contributed by atoms with E-state index in [0.717, 1.165) is 104 Å². The summed E-state index contributed by atoms with van der Waals surface area (Å²) in [5, 5.41) is 16.3. The number of nitrogens with one attached hydrogen (secondary N) is 2. The van der Waals surface area contributed by atoms with Crippen LogP contribution in [-0.2, 0) is 44.8 Å². The highest BCUT2D eigenvalue weighted by Gasteiger charge is 2.58. The van der Waals surface area contributed by atoms with Crippen LogP contribution in [-0.4, -0.2) is 78.5 Å². The van der Waals surface area contributed by atoms with Crippen molar-refractivity contribution in [2.45, 2.75) is 65.0 Å². The van der Waals surface area contributed by atoms with Crippen molar-refractivity contribution in [3.8, 4) is 11.1 Å². The first kappa shape index (κ1) is 34.6. The van der Waals surface area contributed by atoms with Crippen LogP contribution in [0.5, 0.6) is 0 Å². The molecule has 2 aromatic heterocycles. The molecule has 3 N–H and O–H groups in total. The number of aliphatic carboxylic acids is 1. The van der Waals surface area contributed by atoms with Gasteiger partial charge >= 0.3 is 5.97 Å². The summed E-state index contributed by atoms with van der Waals surface area (Å²) in [5.74, 6) is -0.556. The van der Waals surface area contributed by atoms with Crippen LogP contribution >= 0.6 is 11.6 Å². The highest BCUT2D eigenvalue weighted by atomic mass is 35.5. The molecule has 12 nitrogen and oxygen atoms in total. The van der Waals surface area contributed by atoms with E-state index >= 15 is 0 Å². The summed E-state index contributed by atoms with van der Waals surface area (Å²) in [5.41, 5.74) is 7.01. The Balaban J connectivity index is 0.973. The molecule has 2 saturated carbocycles. The van der Waals surface area contributed by atoms with E-state index < -0.39 is 11.4 Å². The normalized spacial score (nSPS) is 22.6. The van der Waals surface area contributed by atoms with E-state index in [4.69, 9.17) is 16.6 Å². The first-order chi connectivity index (χ1) is 24.9. The van der Waals surface area contributed by atoms with Crippen molar-refractivity contribution >= 4 is 40.8 Å². The van der Waals surface area contributed by atoms with Gasteiger partial charge in [-0.1, -0.05) is 35.9 Å². The van der Waals surface area contributed by atoms with E-state index in [-0.39, 0.29) is 17.2 Å². The number of imidazole rings is 2. The van der Waals surface area contributed by atoms with Gasteiger partial charge in [-0.15, -0.1) is 0 Å². The van der Waals surface area contributed by atoms with Crippen molar-refractivity contribution in [1.29, 1.82) is 0 Å². The Morgan fingerprint density at radius 1 is 0.808 bits per heavy atom. The monoisotopic (exact) mass is 724 g/mol. The summed E-state index contributed by atoms with van der Waals surface area (Å²) in [7, 11) is 5.82. The molecule has 2 aromatic carbocycles. The van der Waals surface area contributed by atoms with Gasteiger partial charge in [-0.25, -0.2) is 9.97 Å². The van der Waals surface area contributed by atoms with Gasteiger partial charge in [0.1, 0.15) is 0 Å². The molecule has 4 aromatic rings. The number of amides is 2. The van der Waals surface area contributed by atoms with Crippen LogP contribution in [0, 0.1) is 17.8 Å². The Morgan fingerprint density at radius 2 is 1.38 bits per heavy atom. The lowest BCUT2D eigenvalue weighted by atomic mass is 9.81. The summed E-state index contributed by atoms with van der Waals surface area (Å²) >= 11 is 6.97. The van der Waals surface area contributed by atoms with Crippen LogP contribution in [0.15, 0.2) is 36.4 Å². The third kappa shape index (κ3) is 5.81. The SMILES string of the molecule is Cc1c(NC(=O)c2nc3c(n2C)CCN(CC24CCC(C(=O)O)(CC2)C4)C3)cccc1-c1cccc(NC(=O)c2nc3c(n2C)CCN(C)C3)c1Cl. The third-order valence-corrected chi connectivity index (χ3v) is 12.7. The molecule has 0 radical (unpaired) electrons. The van der Waals surface area contributed by atoms with Gasteiger partial charge in [0, 0.05) is 82.3 Å². The number of aromatic nitrogens is 4. The van der Waals surface area contributed by atoms with E-state index in [1.54, 1.807) is 6.07 Å². The number of nitrogens with zero attached hydrogens (tertiary/aromatic N) is 6. The fraction of sp³-hybridized carbons (Fsp3) is 0.462. The number of rotatable bonds is 8. The van der Waals surface area contributed by atoms with Crippen molar-refractivity contribution in [2.75, 3.05) is 37.3 Å². The second-order valence-corrected chi connectivity index (χ2v) is 15.9. The van der Waals surface area contributed by atoms with Crippen LogP contribution in [0.25, 0.3) is 11.1 Å². The molecule has 8 rings (SSSR count). The molecule has 13 heteroatoms. The smallest absolute Gasteiger partial charge is 0.309 e. The zero-order chi connectivity index (χ0) is 36.5. The van der Waals surface area contributed by atoms with Gasteiger partial charge in [0.15, 0.2) is 11.6 Å². The number of hydrogen-bond donors (Lipinski definition) is 3. The highest BCUT2D eigenvalue weighted by molar-refractivity contribution is 6.36. The lowest BCUT2D eigenvalue weighted by molar-refractivity contribution is -0.148. The molecule has 0 spiro atoms. The van der Waals surface area contributed by atoms with Gasteiger partial charge in [0.2, 0.25) is 0 Å². The molecule has 2 bridgehead atoms. The van der Waals surface area contributed by atoms with E-state index in [0.29, 0.717) is 41.1 Å². The molecule has 2 amide bonds. The quantitative estimate of drug-likeness (QED) is 0.212. The van der Waals surface area contributed by atoms with Crippen LogP contribution in [0.3, 0.4) is 0 Å². The van der Waals surface area contributed by atoms with Crippen LogP contribution < -0.4 is 10.6 Å². The lowest BCUT2D eigenvalue weighted by Gasteiger charge is -2.35. The lowest BCUT2D eigenvalue weighted by Crippen LogP contribution is -2.39. The first-order valence-corrected chi connectivity index (χ1v) is 18.5. The molecule has 2 fully saturated rings. The number of carbonyl (C=O) groups excluding carboxylic acids is 2. The van der Waals surface area contributed by atoms with E-state index in [1.807, 2.05) is 67.5 Å². The summed E-state index contributed by atoms with van der Waals surface area (Å²) in [4.78, 5) is 53.3. The minimum Gasteiger partial charge on any atom is -0.481 e. The summed E-state index contributed by atoms with van der Waals surface area (Å²) in [6, 6.07) is 11.2. The molecule has 4 heterocycles. The van der Waals surface area contributed by atoms with E-state index in [2.05, 4.69) is 25.4 Å². The minimum absolute atomic E-state index is 0.0668. The maximum Gasteiger partial charge on any atom is 0.309 e. The van der Waals surface area contributed by atoms with E-state index in [9.17, 15) is 19.5 Å². The number of benzene rings is 2. The predicted molar refractivity (Wildman–Crippen MR) is 199 cm³/mol. The minimum atomic E-state index is -0.637. The number of anilines is 2. The van der Waals surface area contributed by atoms with Crippen molar-refractivity contribution in [3.05, 3.63) is 81.4 Å². The van der Waals surface area contributed by atoms with Crippen LogP contribution in [0.2, 0.25) is 5.02 Å². The molecule has 52 heavy (non-hydrogen) atoms. The Kier molecular flexibility index (Phi) is 8.54.